The molecule has 3 aromatic rings. The largest absolute Gasteiger partial charge is 0.464 e. The summed E-state index contributed by atoms with van der Waals surface area (Å²) < 4.78 is 36.4. The van der Waals surface area contributed by atoms with E-state index in [1.807, 2.05) is 0 Å². The molecule has 4 rings (SSSR count). The smallest absolute Gasteiger partial charge is 0.338 e. The van der Waals surface area contributed by atoms with Crippen molar-refractivity contribution in [2.24, 2.45) is 0 Å². The molecule has 9 nitrogen and oxygen atoms in total. The summed E-state index contributed by atoms with van der Waals surface area (Å²) in [5, 5.41) is 3.99. The molecular formula is C34H40BrCl2N3O6S. The normalized spacial score (nSPS) is 13.8. The highest BCUT2D eigenvalue weighted by Gasteiger charge is 2.23. The number of carbonyl (C=O) groups excluding carboxylic acids is 2. The molecule has 0 spiro atoms. The van der Waals surface area contributed by atoms with Crippen LogP contribution in [0.1, 0.15) is 60.5 Å². The van der Waals surface area contributed by atoms with Gasteiger partial charge in [-0.1, -0.05) is 73.7 Å². The van der Waals surface area contributed by atoms with Gasteiger partial charge in [-0.15, -0.1) is 0 Å². The van der Waals surface area contributed by atoms with Gasteiger partial charge in [0.05, 0.1) is 44.9 Å². The zero-order chi connectivity index (χ0) is 34.0. The van der Waals surface area contributed by atoms with E-state index < -0.39 is 33.3 Å². The number of nitrogens with zero attached hydrogens (tertiary/aromatic N) is 1. The number of esters is 2. The first-order valence-electron chi connectivity index (χ1n) is 15.6. The van der Waals surface area contributed by atoms with Crippen molar-refractivity contribution in [1.82, 2.24) is 4.90 Å². The number of rotatable bonds is 15. The summed E-state index contributed by atoms with van der Waals surface area (Å²) in [7, 11) is -3.67. The summed E-state index contributed by atoms with van der Waals surface area (Å²) in [5.41, 5.74) is 9.76. The second kappa shape index (κ2) is 17.5. The quantitative estimate of drug-likeness (QED) is 0.119. The van der Waals surface area contributed by atoms with Crippen molar-refractivity contribution in [3.05, 3.63) is 85.8 Å². The monoisotopic (exact) mass is 767 g/mol. The second-order valence-electron chi connectivity index (χ2n) is 11.4. The van der Waals surface area contributed by atoms with E-state index in [1.165, 1.54) is 19.3 Å². The first kappa shape index (κ1) is 37.0. The van der Waals surface area contributed by atoms with Crippen LogP contribution in [-0.4, -0.2) is 62.6 Å². The van der Waals surface area contributed by atoms with Gasteiger partial charge in [-0.25, -0.2) is 13.2 Å². The van der Waals surface area contributed by atoms with Gasteiger partial charge in [0.1, 0.15) is 13.2 Å². The molecule has 3 aromatic carbocycles. The van der Waals surface area contributed by atoms with Crippen LogP contribution in [0.2, 0.25) is 10.0 Å². The molecule has 0 saturated heterocycles. The van der Waals surface area contributed by atoms with Gasteiger partial charge in [-0.2, -0.15) is 0 Å². The van der Waals surface area contributed by atoms with E-state index in [0.29, 0.717) is 55.3 Å². The molecule has 1 saturated carbocycles. The predicted octanol–water partition coefficient (Wildman–Crippen LogP) is 7.59. The number of nitrogen functional groups attached to an aromatic ring is 1. The van der Waals surface area contributed by atoms with Gasteiger partial charge in [0.2, 0.25) is 0 Å². The third kappa shape index (κ3) is 10.8. The highest BCUT2D eigenvalue weighted by atomic mass is 79.9. The second-order valence-corrected chi connectivity index (χ2v) is 15.4. The standard InChI is InChI=1S/C34H40BrCl2N3O6S/c1-2-40(26-10-4-3-5-11-26)22-25-19-24(20-27(35)32(25)38)34(42)46-16-18-47(43,44)17-15-45-31(41)21-23-9-6-7-14-30(23)39-33-28(36)12-8-13-29(33)37/h6-9,12-14,19-20,26,39H,2-5,10-11,15-18,21-22,38H2,1H3. The zero-order valence-corrected chi connectivity index (χ0v) is 30.2. The summed E-state index contributed by atoms with van der Waals surface area (Å²) in [6.07, 6.45) is 5.89. The maximum atomic E-state index is 12.9. The fourth-order valence-electron chi connectivity index (χ4n) is 5.57. The molecule has 0 aromatic heterocycles. The van der Waals surface area contributed by atoms with Crippen LogP contribution in [0, 0.1) is 0 Å². The Hall–Kier alpha value is -2.83. The van der Waals surface area contributed by atoms with E-state index in [0.717, 1.165) is 24.9 Å². The molecule has 254 valence electrons. The number of carbonyl (C=O) groups is 2. The van der Waals surface area contributed by atoms with Crippen LogP contribution < -0.4 is 11.1 Å². The van der Waals surface area contributed by atoms with Gasteiger partial charge in [0.15, 0.2) is 9.84 Å². The van der Waals surface area contributed by atoms with Crippen LogP contribution >= 0.6 is 39.1 Å². The number of anilines is 3. The average Bonchev–Trinajstić information content (AvgIpc) is 3.04. The lowest BCUT2D eigenvalue weighted by molar-refractivity contribution is -0.142. The number of halogens is 3. The molecule has 47 heavy (non-hydrogen) atoms. The number of nitrogens with one attached hydrogen (secondary N) is 1. The lowest BCUT2D eigenvalue weighted by Crippen LogP contribution is -2.36. The molecule has 3 N–H and O–H groups in total. The predicted molar refractivity (Wildman–Crippen MR) is 191 cm³/mol. The molecule has 0 amide bonds. The number of para-hydroxylation sites is 2. The molecule has 1 aliphatic rings. The maximum absolute atomic E-state index is 12.9. The molecule has 13 heteroatoms. The number of hydrogen-bond donors (Lipinski definition) is 2. The van der Waals surface area contributed by atoms with Gasteiger partial charge < -0.3 is 20.5 Å². The van der Waals surface area contributed by atoms with Crippen molar-refractivity contribution >= 4 is 78.0 Å². The number of nitrogens with two attached hydrogens (primary N) is 1. The van der Waals surface area contributed by atoms with Crippen LogP contribution in [0.5, 0.6) is 0 Å². The van der Waals surface area contributed by atoms with Crippen molar-refractivity contribution in [3.8, 4) is 0 Å². The van der Waals surface area contributed by atoms with Crippen molar-refractivity contribution in [2.45, 2.75) is 58.0 Å². The minimum absolute atomic E-state index is 0.0985. The van der Waals surface area contributed by atoms with E-state index >= 15 is 0 Å². The van der Waals surface area contributed by atoms with Crippen molar-refractivity contribution in [3.63, 3.8) is 0 Å². The minimum atomic E-state index is -3.67. The molecule has 0 bridgehead atoms. The molecule has 1 aliphatic carbocycles. The first-order valence-corrected chi connectivity index (χ1v) is 19.0. The molecular weight excluding hydrogens is 729 g/mol. The van der Waals surface area contributed by atoms with Crippen LogP contribution in [-0.2, 0) is 37.1 Å². The summed E-state index contributed by atoms with van der Waals surface area (Å²) in [5.74, 6) is -2.05. The average molecular weight is 770 g/mol. The topological polar surface area (TPSA) is 128 Å². The number of ether oxygens (including phenoxy) is 2. The van der Waals surface area contributed by atoms with Crippen LogP contribution in [0.3, 0.4) is 0 Å². The van der Waals surface area contributed by atoms with E-state index in [9.17, 15) is 18.0 Å². The molecule has 0 radical (unpaired) electrons. The summed E-state index contributed by atoms with van der Waals surface area (Å²) in [6.45, 7) is 2.94. The Balaban J connectivity index is 1.25. The van der Waals surface area contributed by atoms with E-state index in [4.69, 9.17) is 38.4 Å². The highest BCUT2D eigenvalue weighted by molar-refractivity contribution is 9.10. The molecule has 1 fully saturated rings. The first-order chi connectivity index (χ1) is 22.5. The molecule has 0 heterocycles. The maximum Gasteiger partial charge on any atom is 0.338 e. The van der Waals surface area contributed by atoms with Crippen molar-refractivity contribution < 1.29 is 27.5 Å². The Morgan fingerprint density at radius 1 is 0.957 bits per heavy atom. The zero-order valence-electron chi connectivity index (χ0n) is 26.3. The Labute approximate surface area is 295 Å². The van der Waals surface area contributed by atoms with Crippen molar-refractivity contribution in [1.29, 1.82) is 0 Å². The lowest BCUT2D eigenvalue weighted by atomic mass is 9.93. The molecule has 0 aliphatic heterocycles. The van der Waals surface area contributed by atoms with Gasteiger partial charge in [0.25, 0.3) is 0 Å². The van der Waals surface area contributed by atoms with Gasteiger partial charge in [0, 0.05) is 22.7 Å². The summed E-state index contributed by atoms with van der Waals surface area (Å²) >= 11 is 16.0. The van der Waals surface area contributed by atoms with Crippen LogP contribution in [0.25, 0.3) is 0 Å². The Morgan fingerprint density at radius 3 is 2.30 bits per heavy atom. The Bertz CT molecular complexity index is 1650. The number of sulfone groups is 1. The number of benzene rings is 3. The third-order valence-corrected chi connectivity index (χ3v) is 11.0. The van der Waals surface area contributed by atoms with Crippen molar-refractivity contribution in [2.75, 3.05) is 42.3 Å². The van der Waals surface area contributed by atoms with E-state index in [2.05, 4.69) is 33.1 Å². The summed E-state index contributed by atoms with van der Waals surface area (Å²) in [4.78, 5) is 27.8. The fraction of sp³-hybridized carbons (Fsp3) is 0.412. The van der Waals surface area contributed by atoms with Crippen LogP contribution in [0.4, 0.5) is 17.1 Å². The van der Waals surface area contributed by atoms with Gasteiger partial charge in [-0.3, -0.25) is 9.69 Å². The van der Waals surface area contributed by atoms with E-state index in [1.54, 1.807) is 54.6 Å². The molecule has 0 atom stereocenters. The van der Waals surface area contributed by atoms with Crippen LogP contribution in [0.15, 0.2) is 59.1 Å². The van der Waals surface area contributed by atoms with E-state index in [-0.39, 0.29) is 19.6 Å². The number of hydrogen-bond acceptors (Lipinski definition) is 9. The fourth-order valence-corrected chi connectivity index (χ4v) is 7.44. The lowest BCUT2D eigenvalue weighted by Gasteiger charge is -2.34. The SMILES string of the molecule is CCN(Cc1cc(C(=O)OCCS(=O)(=O)CCOC(=O)Cc2ccccc2Nc2c(Cl)cccc2Cl)cc(Br)c1N)C1CCCCC1. The molecule has 0 unspecified atom stereocenters. The van der Waals surface area contributed by atoms with Gasteiger partial charge in [-0.05, 0) is 76.8 Å². The minimum Gasteiger partial charge on any atom is -0.464 e. The van der Waals surface area contributed by atoms with Gasteiger partial charge >= 0.3 is 11.9 Å². The summed E-state index contributed by atoms with van der Waals surface area (Å²) in [6, 6.07) is 16.0. The third-order valence-electron chi connectivity index (χ3n) is 8.18. The Morgan fingerprint density at radius 2 is 1.62 bits per heavy atom. The highest BCUT2D eigenvalue weighted by Crippen LogP contribution is 2.34. The Kier molecular flexibility index (Phi) is 13.8.